The molecule has 0 amide bonds. The van der Waals surface area contributed by atoms with Gasteiger partial charge in [-0.2, -0.15) is 0 Å². The molecule has 0 aromatic carbocycles. The summed E-state index contributed by atoms with van der Waals surface area (Å²) in [4.78, 5) is 0. The van der Waals surface area contributed by atoms with Gasteiger partial charge in [-0.1, -0.05) is 58.8 Å². The Hall–Kier alpha value is -0.0800. The minimum atomic E-state index is 0.141. The van der Waals surface area contributed by atoms with E-state index in [0.717, 1.165) is 19.0 Å². The first-order valence-electron chi connectivity index (χ1n) is 9.18. The lowest BCUT2D eigenvalue weighted by Crippen LogP contribution is -2.47. The largest absolute Gasteiger partial charge is 0.370 e. The second-order valence-corrected chi connectivity index (χ2v) is 6.99. The fourth-order valence-corrected chi connectivity index (χ4v) is 4.18. The third-order valence-corrected chi connectivity index (χ3v) is 5.48. The summed E-state index contributed by atoms with van der Waals surface area (Å²) >= 11 is 0. The summed E-state index contributed by atoms with van der Waals surface area (Å²) in [7, 11) is 0. The lowest BCUT2D eigenvalue weighted by Gasteiger charge is -2.41. The van der Waals surface area contributed by atoms with Crippen LogP contribution in [0.15, 0.2) is 0 Å². The van der Waals surface area contributed by atoms with E-state index in [-0.39, 0.29) is 5.60 Å². The van der Waals surface area contributed by atoms with E-state index in [1.165, 1.54) is 70.6 Å². The van der Waals surface area contributed by atoms with E-state index >= 15 is 0 Å². The van der Waals surface area contributed by atoms with Gasteiger partial charge in [0.2, 0.25) is 0 Å². The van der Waals surface area contributed by atoms with Crippen LogP contribution in [0.3, 0.4) is 0 Å². The van der Waals surface area contributed by atoms with Gasteiger partial charge in [-0.15, -0.1) is 0 Å². The third kappa shape index (κ3) is 4.46. The Balaban J connectivity index is 2.01. The van der Waals surface area contributed by atoms with Gasteiger partial charge in [0.25, 0.3) is 0 Å². The lowest BCUT2D eigenvalue weighted by atomic mass is 9.83. The summed E-state index contributed by atoms with van der Waals surface area (Å²) in [6.07, 6.45) is 15.4. The van der Waals surface area contributed by atoms with Crippen LogP contribution in [-0.4, -0.2) is 24.8 Å². The highest BCUT2D eigenvalue weighted by Crippen LogP contribution is 2.37. The fraction of sp³-hybridized carbons (Fsp3) is 1.00. The van der Waals surface area contributed by atoms with Crippen molar-refractivity contribution < 1.29 is 4.74 Å². The normalized spacial score (nSPS) is 30.9. The van der Waals surface area contributed by atoms with E-state index in [1.54, 1.807) is 0 Å². The maximum atomic E-state index is 6.84. The first kappa shape index (κ1) is 16.3. The number of rotatable bonds is 6. The summed E-state index contributed by atoms with van der Waals surface area (Å²) in [5, 5.41) is 3.58. The van der Waals surface area contributed by atoms with Crippen molar-refractivity contribution in [3.63, 3.8) is 0 Å². The van der Waals surface area contributed by atoms with E-state index in [1.807, 2.05) is 0 Å². The molecule has 2 unspecified atom stereocenters. The standard InChI is InChI=1S/C18H35NO/c1-3-16-11-7-8-12-17(16)20-18(15-19-4-2)13-9-5-6-10-14-18/h16-17,19H,3-15H2,1-2H3. The average Bonchev–Trinajstić information content (AvgIpc) is 2.72. The Morgan fingerprint density at radius 3 is 2.30 bits per heavy atom. The molecule has 2 fully saturated rings. The van der Waals surface area contributed by atoms with Crippen LogP contribution < -0.4 is 5.32 Å². The van der Waals surface area contributed by atoms with Crippen molar-refractivity contribution in [1.29, 1.82) is 0 Å². The number of likely N-dealkylation sites (N-methyl/N-ethyl adjacent to an activating group) is 1. The monoisotopic (exact) mass is 281 g/mol. The van der Waals surface area contributed by atoms with Gasteiger partial charge >= 0.3 is 0 Å². The first-order chi connectivity index (χ1) is 9.79. The van der Waals surface area contributed by atoms with Crippen LogP contribution in [0.2, 0.25) is 0 Å². The van der Waals surface area contributed by atoms with Gasteiger partial charge in [0.15, 0.2) is 0 Å². The van der Waals surface area contributed by atoms with E-state index in [2.05, 4.69) is 19.2 Å². The van der Waals surface area contributed by atoms with Crippen molar-refractivity contribution >= 4 is 0 Å². The van der Waals surface area contributed by atoms with Crippen molar-refractivity contribution in [1.82, 2.24) is 5.32 Å². The van der Waals surface area contributed by atoms with E-state index < -0.39 is 0 Å². The number of ether oxygens (including phenoxy) is 1. The summed E-state index contributed by atoms with van der Waals surface area (Å²) in [6, 6.07) is 0. The predicted octanol–water partition coefficient (Wildman–Crippen LogP) is 4.67. The van der Waals surface area contributed by atoms with Crippen molar-refractivity contribution in [2.24, 2.45) is 5.92 Å². The average molecular weight is 281 g/mol. The maximum Gasteiger partial charge on any atom is 0.0810 e. The van der Waals surface area contributed by atoms with Crippen LogP contribution in [0.1, 0.15) is 84.5 Å². The van der Waals surface area contributed by atoms with Crippen LogP contribution >= 0.6 is 0 Å². The van der Waals surface area contributed by atoms with Gasteiger partial charge in [-0.05, 0) is 38.1 Å². The molecule has 1 N–H and O–H groups in total. The van der Waals surface area contributed by atoms with Crippen LogP contribution in [0.25, 0.3) is 0 Å². The zero-order valence-electron chi connectivity index (χ0n) is 13.8. The number of hydrogen-bond donors (Lipinski definition) is 1. The molecule has 2 nitrogen and oxygen atoms in total. The summed E-state index contributed by atoms with van der Waals surface area (Å²) in [5.41, 5.74) is 0.141. The fourth-order valence-electron chi connectivity index (χ4n) is 4.18. The summed E-state index contributed by atoms with van der Waals surface area (Å²) in [6.45, 7) is 6.68. The molecule has 0 heterocycles. The zero-order valence-corrected chi connectivity index (χ0v) is 13.8. The SMILES string of the molecule is CCNCC1(OC2CCCCC2CC)CCCCCC1. The lowest BCUT2D eigenvalue weighted by molar-refractivity contribution is -0.132. The Labute approximate surface area is 126 Å². The highest BCUT2D eigenvalue weighted by Gasteiger charge is 2.36. The maximum absolute atomic E-state index is 6.84. The molecule has 0 radical (unpaired) electrons. The molecule has 2 rings (SSSR count). The van der Waals surface area contributed by atoms with Crippen LogP contribution in [0.5, 0.6) is 0 Å². The molecule has 118 valence electrons. The summed E-state index contributed by atoms with van der Waals surface area (Å²) < 4.78 is 6.84. The zero-order chi connectivity index (χ0) is 14.3. The van der Waals surface area contributed by atoms with Crippen molar-refractivity contribution in [3.05, 3.63) is 0 Å². The molecule has 0 aromatic heterocycles. The molecule has 0 aliphatic heterocycles. The molecule has 0 aromatic rings. The van der Waals surface area contributed by atoms with E-state index in [4.69, 9.17) is 4.74 Å². The molecule has 2 heteroatoms. The summed E-state index contributed by atoms with van der Waals surface area (Å²) in [5.74, 6) is 0.811. The number of nitrogens with one attached hydrogen (secondary N) is 1. The smallest absolute Gasteiger partial charge is 0.0810 e. The van der Waals surface area contributed by atoms with Crippen LogP contribution in [-0.2, 0) is 4.74 Å². The van der Waals surface area contributed by atoms with Gasteiger partial charge in [-0.3, -0.25) is 0 Å². The van der Waals surface area contributed by atoms with Crippen molar-refractivity contribution in [2.75, 3.05) is 13.1 Å². The van der Waals surface area contributed by atoms with Gasteiger partial charge in [0, 0.05) is 6.54 Å². The second kappa shape index (κ2) is 8.38. The minimum Gasteiger partial charge on any atom is -0.370 e. The molecular weight excluding hydrogens is 246 g/mol. The molecular formula is C18H35NO. The van der Waals surface area contributed by atoms with Crippen LogP contribution in [0.4, 0.5) is 0 Å². The van der Waals surface area contributed by atoms with Crippen LogP contribution in [0, 0.1) is 5.92 Å². The van der Waals surface area contributed by atoms with Crippen molar-refractivity contribution in [2.45, 2.75) is 96.2 Å². The molecule has 20 heavy (non-hydrogen) atoms. The predicted molar refractivity (Wildman–Crippen MR) is 86.1 cm³/mol. The highest BCUT2D eigenvalue weighted by atomic mass is 16.5. The first-order valence-corrected chi connectivity index (χ1v) is 9.18. The van der Waals surface area contributed by atoms with Crippen molar-refractivity contribution in [3.8, 4) is 0 Å². The van der Waals surface area contributed by atoms with Gasteiger partial charge in [0.1, 0.15) is 0 Å². The molecule has 2 aliphatic rings. The molecule has 0 saturated heterocycles. The molecule has 0 bridgehead atoms. The Morgan fingerprint density at radius 2 is 1.65 bits per heavy atom. The second-order valence-electron chi connectivity index (χ2n) is 6.99. The van der Waals surface area contributed by atoms with E-state index in [9.17, 15) is 0 Å². The van der Waals surface area contributed by atoms with E-state index in [0.29, 0.717) is 6.10 Å². The Bertz CT molecular complexity index is 258. The Kier molecular flexibility index (Phi) is 6.83. The Morgan fingerprint density at radius 1 is 0.950 bits per heavy atom. The van der Waals surface area contributed by atoms with Gasteiger partial charge in [-0.25, -0.2) is 0 Å². The minimum absolute atomic E-state index is 0.141. The van der Waals surface area contributed by atoms with Gasteiger partial charge < -0.3 is 10.1 Å². The molecule has 2 aliphatic carbocycles. The molecule has 0 spiro atoms. The topological polar surface area (TPSA) is 21.3 Å². The molecule has 2 saturated carbocycles. The highest BCUT2D eigenvalue weighted by molar-refractivity contribution is 4.88. The number of hydrogen-bond acceptors (Lipinski definition) is 2. The third-order valence-electron chi connectivity index (χ3n) is 5.48. The molecule has 2 atom stereocenters. The van der Waals surface area contributed by atoms with Gasteiger partial charge in [0.05, 0.1) is 11.7 Å². The quantitative estimate of drug-likeness (QED) is 0.714.